The Balaban J connectivity index is 6.46. The molecule has 0 saturated heterocycles. The summed E-state index contributed by atoms with van der Waals surface area (Å²) in [5.41, 5.74) is 0. The topological polar surface area (TPSA) is 18.5 Å². The van der Waals surface area contributed by atoms with E-state index in [-0.39, 0.29) is 12.8 Å². The van der Waals surface area contributed by atoms with Gasteiger partial charge in [-0.3, -0.25) is 0 Å². The van der Waals surface area contributed by atoms with Gasteiger partial charge >= 0.3 is 163 Å². The number of alkyl halides is 12. The van der Waals surface area contributed by atoms with Crippen LogP contribution in [0.15, 0.2) is 0 Å². The Morgan fingerprint density at radius 2 is 0.897 bits per heavy atom. The first-order valence-corrected chi connectivity index (χ1v) is 13.5. The molecule has 29 heavy (non-hydrogen) atoms. The van der Waals surface area contributed by atoms with Crippen LogP contribution in [0.5, 0.6) is 0 Å². The maximum absolute atomic E-state index is 14.6. The minimum absolute atomic E-state index is 0.299. The molecule has 0 aliphatic heterocycles. The van der Waals surface area contributed by atoms with E-state index >= 15 is 0 Å². The molecular weight excluding hydrogens is 547 g/mol. The van der Waals surface area contributed by atoms with Gasteiger partial charge in [-0.05, 0) is 0 Å². The normalized spacial score (nSPS) is 16.8. The zero-order valence-electron chi connectivity index (χ0n) is 15.2. The summed E-state index contributed by atoms with van der Waals surface area (Å²) < 4.78 is 158. The summed E-state index contributed by atoms with van der Waals surface area (Å²) in [6.07, 6.45) is -26.2. The molecule has 0 aromatic carbocycles. The zero-order chi connectivity index (χ0) is 23.3. The molecule has 2 nitrogen and oxygen atoms in total. The van der Waals surface area contributed by atoms with E-state index in [1.165, 1.54) is 13.8 Å². The van der Waals surface area contributed by atoms with E-state index in [0.717, 1.165) is 0 Å². The van der Waals surface area contributed by atoms with Crippen LogP contribution in [0, 0.1) is 0 Å². The van der Waals surface area contributed by atoms with Crippen molar-refractivity contribution >= 4 is 19.2 Å². The molecule has 2 atom stereocenters. The number of hydrogen-bond donors (Lipinski definition) is 0. The summed E-state index contributed by atoms with van der Waals surface area (Å²) >= 11 is -8.06. The van der Waals surface area contributed by atoms with Crippen molar-refractivity contribution in [1.82, 2.24) is 0 Å². The molecule has 0 radical (unpaired) electrons. The molecule has 0 bridgehead atoms. The SMILES string of the molecule is CCC[O][Sn]([O]CCC)([C](F)(F)C(F)CC(F)(F)F)[C](F)(F)C(F)CC(F)(F)F. The van der Waals surface area contributed by atoms with Gasteiger partial charge in [-0.1, -0.05) is 0 Å². The molecule has 0 aliphatic carbocycles. The van der Waals surface area contributed by atoms with Crippen molar-refractivity contribution in [3.05, 3.63) is 0 Å². The quantitative estimate of drug-likeness (QED) is 0.207. The predicted molar refractivity (Wildman–Crippen MR) is 79.3 cm³/mol. The van der Waals surface area contributed by atoms with E-state index in [9.17, 15) is 52.7 Å². The average molecular weight is 567 g/mol. The molecule has 0 aromatic heterocycles. The molecule has 0 fully saturated rings. The fourth-order valence-electron chi connectivity index (χ4n) is 2.22. The van der Waals surface area contributed by atoms with Gasteiger partial charge in [0, 0.05) is 0 Å². The Morgan fingerprint density at radius 1 is 0.621 bits per heavy atom. The Bertz CT molecular complexity index is 450. The molecule has 0 saturated carbocycles. The summed E-state index contributed by atoms with van der Waals surface area (Å²) in [7, 11) is 0. The van der Waals surface area contributed by atoms with Crippen LogP contribution >= 0.6 is 0 Å². The van der Waals surface area contributed by atoms with E-state index in [0.29, 0.717) is 0 Å². The molecule has 0 spiro atoms. The molecule has 15 heteroatoms. The van der Waals surface area contributed by atoms with Crippen LogP contribution in [0.4, 0.5) is 52.7 Å². The number of rotatable bonds is 12. The summed E-state index contributed by atoms with van der Waals surface area (Å²) in [6, 6.07) is 0. The number of hydrogen-bond acceptors (Lipinski definition) is 2. The molecular formula is C14H20F12O2Sn. The molecule has 176 valence electrons. The third-order valence-electron chi connectivity index (χ3n) is 3.50. The second-order valence-corrected chi connectivity index (χ2v) is 15.1. The third kappa shape index (κ3) is 7.50. The zero-order valence-corrected chi connectivity index (χ0v) is 18.1. The van der Waals surface area contributed by atoms with Gasteiger partial charge < -0.3 is 0 Å². The van der Waals surface area contributed by atoms with Gasteiger partial charge in [-0.25, -0.2) is 0 Å². The van der Waals surface area contributed by atoms with Crippen LogP contribution in [0.25, 0.3) is 0 Å². The van der Waals surface area contributed by atoms with E-state index in [2.05, 4.69) is 6.15 Å². The maximum atomic E-state index is 14.6. The van der Waals surface area contributed by atoms with E-state index in [4.69, 9.17) is 0 Å². The van der Waals surface area contributed by atoms with Gasteiger partial charge in [0.2, 0.25) is 0 Å². The summed E-state index contributed by atoms with van der Waals surface area (Å²) in [5, 5.41) is 0. The summed E-state index contributed by atoms with van der Waals surface area (Å²) in [5.74, 6) is 0. The van der Waals surface area contributed by atoms with Crippen molar-refractivity contribution in [1.29, 1.82) is 0 Å². The van der Waals surface area contributed by atoms with Gasteiger partial charge in [0.05, 0.1) is 0 Å². The van der Waals surface area contributed by atoms with Gasteiger partial charge in [0.15, 0.2) is 0 Å². The van der Waals surface area contributed by atoms with Gasteiger partial charge in [-0.15, -0.1) is 0 Å². The molecule has 0 heterocycles. The number of halogens is 12. The fourth-order valence-corrected chi connectivity index (χ4v) is 11.7. The van der Waals surface area contributed by atoms with E-state index < -0.39 is 77.8 Å². The van der Waals surface area contributed by atoms with Crippen molar-refractivity contribution in [2.45, 2.75) is 72.1 Å². The van der Waals surface area contributed by atoms with Crippen LogP contribution in [-0.4, -0.2) is 65.0 Å². The van der Waals surface area contributed by atoms with E-state index in [1.54, 1.807) is 0 Å². The first-order valence-electron chi connectivity index (χ1n) is 8.33. The van der Waals surface area contributed by atoms with Crippen molar-refractivity contribution in [3.63, 3.8) is 0 Å². The fraction of sp³-hybridized carbons (Fsp3) is 1.00. The standard InChI is InChI=1S/2C4H3F6.2C3H7O.Sn/c2*5-2(3(6)7)1-4(8,9)10;2*1-2-3-4;/h2*2H,1H2;2*2-3H2,1H3;/q;;2*-1;+2. The molecule has 0 aromatic rings. The summed E-state index contributed by atoms with van der Waals surface area (Å²) in [4.78, 5) is 0. The van der Waals surface area contributed by atoms with Crippen LogP contribution in [0.1, 0.15) is 39.5 Å². The molecule has 0 rings (SSSR count). The van der Waals surface area contributed by atoms with Crippen molar-refractivity contribution < 1.29 is 58.8 Å². The van der Waals surface area contributed by atoms with Gasteiger partial charge in [-0.2, -0.15) is 0 Å². The molecule has 2 unspecified atom stereocenters. The second-order valence-electron chi connectivity index (χ2n) is 6.13. The van der Waals surface area contributed by atoms with E-state index in [1.807, 2.05) is 0 Å². The van der Waals surface area contributed by atoms with Gasteiger partial charge in [0.1, 0.15) is 0 Å². The Kier molecular flexibility index (Phi) is 10.4. The Hall–Kier alpha value is -0.121. The molecule has 0 N–H and O–H groups in total. The first-order chi connectivity index (χ1) is 12.9. The minimum atomic E-state index is -8.06. The van der Waals surface area contributed by atoms with Crippen LogP contribution in [0.3, 0.4) is 0 Å². The monoisotopic (exact) mass is 568 g/mol. The van der Waals surface area contributed by atoms with Crippen LogP contribution < -0.4 is 0 Å². The van der Waals surface area contributed by atoms with Crippen molar-refractivity contribution in [3.8, 4) is 0 Å². The third-order valence-corrected chi connectivity index (χ3v) is 13.8. The predicted octanol–water partition coefficient (Wildman–Crippen LogP) is 6.21. The Morgan fingerprint density at radius 3 is 1.10 bits per heavy atom. The van der Waals surface area contributed by atoms with Crippen molar-refractivity contribution in [2.75, 3.05) is 13.2 Å². The van der Waals surface area contributed by atoms with Gasteiger partial charge in [0.25, 0.3) is 0 Å². The first kappa shape index (κ1) is 28.9. The Labute approximate surface area is 163 Å². The summed E-state index contributed by atoms with van der Waals surface area (Å²) in [6.45, 7) is 0.334. The van der Waals surface area contributed by atoms with Crippen LogP contribution in [0.2, 0.25) is 0 Å². The van der Waals surface area contributed by atoms with Crippen LogP contribution in [-0.2, 0) is 6.15 Å². The molecule has 0 amide bonds. The second kappa shape index (κ2) is 10.5. The average Bonchev–Trinajstić information content (AvgIpc) is 2.51. The van der Waals surface area contributed by atoms with Crippen molar-refractivity contribution in [2.24, 2.45) is 0 Å². The molecule has 0 aliphatic rings.